The van der Waals surface area contributed by atoms with Gasteiger partial charge in [-0.15, -0.1) is 0 Å². The number of amides is 1. The first-order chi connectivity index (χ1) is 9.13. The first-order valence-electron chi connectivity index (χ1n) is 6.89. The second-order valence-corrected chi connectivity index (χ2v) is 5.34. The van der Waals surface area contributed by atoms with Gasteiger partial charge in [0, 0.05) is 12.2 Å². The molecule has 1 saturated carbocycles. The number of rotatable bonds is 6. The van der Waals surface area contributed by atoms with Crippen molar-refractivity contribution in [1.29, 1.82) is 0 Å². The highest BCUT2D eigenvalue weighted by Gasteiger charge is 2.35. The Morgan fingerprint density at radius 3 is 2.58 bits per heavy atom. The smallest absolute Gasteiger partial charge is 0.257 e. The van der Waals surface area contributed by atoms with Crippen molar-refractivity contribution in [3.63, 3.8) is 0 Å². The number of nitrogens with two attached hydrogens (primary N) is 1. The predicted octanol–water partition coefficient (Wildman–Crippen LogP) is 2.34. The molecule has 1 aromatic rings. The van der Waals surface area contributed by atoms with Crippen molar-refractivity contribution >= 4 is 11.6 Å². The minimum absolute atomic E-state index is 0.0588. The fourth-order valence-corrected chi connectivity index (χ4v) is 2.38. The number of ether oxygens (including phenoxy) is 1. The first kappa shape index (κ1) is 13.7. The van der Waals surface area contributed by atoms with Crippen LogP contribution in [0.3, 0.4) is 0 Å². The lowest BCUT2D eigenvalue weighted by Crippen LogP contribution is -2.43. The molecule has 0 atom stereocenters. The summed E-state index contributed by atoms with van der Waals surface area (Å²) in [6, 6.07) is 7.05. The van der Waals surface area contributed by atoms with Crippen LogP contribution in [0.4, 0.5) is 5.69 Å². The molecule has 4 nitrogen and oxygen atoms in total. The zero-order chi connectivity index (χ0) is 13.7. The molecule has 2 rings (SSSR count). The molecule has 0 heterocycles. The van der Waals surface area contributed by atoms with Gasteiger partial charge >= 0.3 is 0 Å². The zero-order valence-electron chi connectivity index (χ0n) is 11.4. The summed E-state index contributed by atoms with van der Waals surface area (Å²) < 4.78 is 5.41. The number of carbonyl (C=O) groups excluding carboxylic acids is 1. The topological polar surface area (TPSA) is 64.3 Å². The van der Waals surface area contributed by atoms with E-state index in [1.807, 2.05) is 0 Å². The molecule has 0 saturated heterocycles. The van der Waals surface area contributed by atoms with E-state index < -0.39 is 0 Å². The minimum atomic E-state index is -0.0588. The molecule has 0 spiro atoms. The molecule has 4 heteroatoms. The van der Waals surface area contributed by atoms with Crippen LogP contribution in [-0.4, -0.2) is 19.1 Å². The molecule has 0 aliphatic heterocycles. The van der Waals surface area contributed by atoms with Gasteiger partial charge in [0.15, 0.2) is 6.61 Å². The number of anilines is 1. The molecule has 0 aromatic heterocycles. The lowest BCUT2D eigenvalue weighted by atomic mass is 9.67. The van der Waals surface area contributed by atoms with E-state index in [4.69, 9.17) is 10.5 Å². The van der Waals surface area contributed by atoms with Gasteiger partial charge in [-0.1, -0.05) is 13.3 Å². The average molecular weight is 262 g/mol. The normalized spacial score (nSPS) is 16.5. The number of benzene rings is 1. The van der Waals surface area contributed by atoms with E-state index in [1.165, 1.54) is 19.3 Å². The molecule has 1 aliphatic rings. The number of hydrogen-bond donors (Lipinski definition) is 2. The van der Waals surface area contributed by atoms with Gasteiger partial charge in [0.1, 0.15) is 5.75 Å². The molecule has 0 bridgehead atoms. The summed E-state index contributed by atoms with van der Waals surface area (Å²) >= 11 is 0. The second-order valence-electron chi connectivity index (χ2n) is 5.34. The zero-order valence-corrected chi connectivity index (χ0v) is 11.4. The van der Waals surface area contributed by atoms with Crippen LogP contribution in [0, 0.1) is 5.41 Å². The van der Waals surface area contributed by atoms with Crippen LogP contribution in [0.25, 0.3) is 0 Å². The third-order valence-electron chi connectivity index (χ3n) is 4.07. The van der Waals surface area contributed by atoms with Gasteiger partial charge in [-0.3, -0.25) is 4.79 Å². The molecular weight excluding hydrogens is 240 g/mol. The van der Waals surface area contributed by atoms with Crippen molar-refractivity contribution < 1.29 is 9.53 Å². The Hall–Kier alpha value is -1.71. The Balaban J connectivity index is 1.71. The van der Waals surface area contributed by atoms with E-state index in [0.29, 0.717) is 16.9 Å². The highest BCUT2D eigenvalue weighted by Crippen LogP contribution is 2.42. The highest BCUT2D eigenvalue weighted by molar-refractivity contribution is 5.77. The quantitative estimate of drug-likeness (QED) is 0.773. The lowest BCUT2D eigenvalue weighted by Gasteiger charge is -2.41. The fraction of sp³-hybridized carbons (Fsp3) is 0.533. The van der Waals surface area contributed by atoms with Crippen molar-refractivity contribution in [2.24, 2.45) is 5.41 Å². The van der Waals surface area contributed by atoms with Gasteiger partial charge < -0.3 is 15.8 Å². The van der Waals surface area contributed by atoms with Crippen molar-refractivity contribution in [1.82, 2.24) is 5.32 Å². The van der Waals surface area contributed by atoms with Crippen LogP contribution in [0.2, 0.25) is 0 Å². The average Bonchev–Trinajstić information content (AvgIpc) is 2.37. The molecule has 1 aliphatic carbocycles. The Labute approximate surface area is 114 Å². The number of nitrogens with one attached hydrogen (secondary N) is 1. The van der Waals surface area contributed by atoms with E-state index in [-0.39, 0.29) is 12.5 Å². The highest BCUT2D eigenvalue weighted by atomic mass is 16.5. The van der Waals surface area contributed by atoms with Crippen LogP contribution in [0.5, 0.6) is 5.75 Å². The minimum Gasteiger partial charge on any atom is -0.484 e. The van der Waals surface area contributed by atoms with E-state index in [1.54, 1.807) is 24.3 Å². The van der Waals surface area contributed by atoms with Crippen molar-refractivity contribution in [3.05, 3.63) is 24.3 Å². The first-order valence-corrected chi connectivity index (χ1v) is 6.89. The second kappa shape index (κ2) is 5.95. The van der Waals surface area contributed by atoms with Gasteiger partial charge in [-0.05, 0) is 48.9 Å². The van der Waals surface area contributed by atoms with Crippen LogP contribution in [0.1, 0.15) is 32.6 Å². The number of hydrogen-bond acceptors (Lipinski definition) is 3. The van der Waals surface area contributed by atoms with Crippen molar-refractivity contribution in [3.8, 4) is 5.75 Å². The molecule has 3 N–H and O–H groups in total. The van der Waals surface area contributed by atoms with Crippen molar-refractivity contribution in [2.75, 3.05) is 18.9 Å². The summed E-state index contributed by atoms with van der Waals surface area (Å²) in [5.41, 5.74) is 6.61. The molecule has 104 valence electrons. The van der Waals surface area contributed by atoms with E-state index >= 15 is 0 Å². The van der Waals surface area contributed by atoms with E-state index in [0.717, 1.165) is 13.0 Å². The maximum absolute atomic E-state index is 11.7. The molecule has 1 fully saturated rings. The van der Waals surface area contributed by atoms with Gasteiger partial charge in [0.2, 0.25) is 0 Å². The summed E-state index contributed by atoms with van der Waals surface area (Å²) in [6.07, 6.45) is 4.86. The summed E-state index contributed by atoms with van der Waals surface area (Å²) in [4.78, 5) is 11.7. The van der Waals surface area contributed by atoms with Gasteiger partial charge in [0.25, 0.3) is 5.91 Å². The van der Waals surface area contributed by atoms with Gasteiger partial charge in [-0.25, -0.2) is 0 Å². The molecule has 0 radical (unpaired) electrons. The monoisotopic (exact) mass is 262 g/mol. The summed E-state index contributed by atoms with van der Waals surface area (Å²) in [7, 11) is 0. The molecule has 1 amide bonds. The predicted molar refractivity (Wildman–Crippen MR) is 75.9 cm³/mol. The van der Waals surface area contributed by atoms with Crippen LogP contribution in [-0.2, 0) is 4.79 Å². The number of nitrogen functional groups attached to an aromatic ring is 1. The van der Waals surface area contributed by atoms with Crippen LogP contribution >= 0.6 is 0 Å². The molecular formula is C15H22N2O2. The van der Waals surface area contributed by atoms with Gasteiger partial charge in [-0.2, -0.15) is 0 Å². The Kier molecular flexibility index (Phi) is 4.30. The van der Waals surface area contributed by atoms with Crippen molar-refractivity contribution in [2.45, 2.75) is 32.6 Å². The summed E-state index contributed by atoms with van der Waals surface area (Å²) in [6.45, 7) is 3.02. The van der Waals surface area contributed by atoms with E-state index in [2.05, 4.69) is 12.2 Å². The largest absolute Gasteiger partial charge is 0.484 e. The standard InChI is InChI=1S/C15H22N2O2/c1-2-15(8-3-9-15)11-17-14(18)10-19-13-6-4-12(16)5-7-13/h4-7H,2-3,8-11,16H2,1H3,(H,17,18). The third kappa shape index (κ3) is 3.63. The summed E-state index contributed by atoms with van der Waals surface area (Å²) in [5.74, 6) is 0.606. The number of carbonyl (C=O) groups is 1. The molecule has 0 unspecified atom stereocenters. The van der Waals surface area contributed by atoms with Crippen LogP contribution < -0.4 is 15.8 Å². The van der Waals surface area contributed by atoms with Crippen LogP contribution in [0.15, 0.2) is 24.3 Å². The fourth-order valence-electron chi connectivity index (χ4n) is 2.38. The molecule has 1 aromatic carbocycles. The lowest BCUT2D eigenvalue weighted by molar-refractivity contribution is -0.124. The maximum atomic E-state index is 11.7. The SMILES string of the molecule is CCC1(CNC(=O)COc2ccc(N)cc2)CCC1. The third-order valence-corrected chi connectivity index (χ3v) is 4.07. The summed E-state index contributed by atoms with van der Waals surface area (Å²) in [5, 5.41) is 2.97. The Morgan fingerprint density at radius 2 is 2.05 bits per heavy atom. The van der Waals surface area contributed by atoms with E-state index in [9.17, 15) is 4.79 Å². The Bertz CT molecular complexity index is 419. The Morgan fingerprint density at radius 1 is 1.37 bits per heavy atom. The maximum Gasteiger partial charge on any atom is 0.257 e. The van der Waals surface area contributed by atoms with Gasteiger partial charge in [0.05, 0.1) is 0 Å². The molecule has 19 heavy (non-hydrogen) atoms.